The monoisotopic (exact) mass is 256 g/mol. The van der Waals surface area contributed by atoms with Crippen molar-refractivity contribution in [3.8, 4) is 0 Å². The fourth-order valence-electron chi connectivity index (χ4n) is 2.11. The first-order valence-electron chi connectivity index (χ1n) is 6.19. The van der Waals surface area contributed by atoms with Crippen molar-refractivity contribution < 1.29 is 4.79 Å². The lowest BCUT2D eigenvalue weighted by molar-refractivity contribution is -0.117. The molecule has 0 unspecified atom stereocenters. The largest absolute Gasteiger partial charge is 0.349 e. The van der Waals surface area contributed by atoms with Crippen LogP contribution in [0.2, 0.25) is 0 Å². The summed E-state index contributed by atoms with van der Waals surface area (Å²) in [7, 11) is 1.69. The number of carbonyl (C=O) groups excluding carboxylic acids is 1. The molecule has 0 saturated heterocycles. The van der Waals surface area contributed by atoms with Crippen molar-refractivity contribution in [2.24, 2.45) is 4.99 Å². The van der Waals surface area contributed by atoms with Gasteiger partial charge in [-0.3, -0.25) is 9.79 Å². The van der Waals surface area contributed by atoms with Crippen LogP contribution < -0.4 is 5.32 Å². The topological polar surface area (TPSA) is 41.5 Å². The number of hydrogen-bond acceptors (Lipinski definition) is 2. The summed E-state index contributed by atoms with van der Waals surface area (Å²) in [6.45, 7) is 1.83. The average molecular weight is 257 g/mol. The van der Waals surface area contributed by atoms with Crippen molar-refractivity contribution in [2.45, 2.75) is 45.1 Å². The summed E-state index contributed by atoms with van der Waals surface area (Å²) in [4.78, 5) is 16.1. The molecule has 0 aromatic rings. The third-order valence-corrected chi connectivity index (χ3v) is 3.35. The minimum atomic E-state index is -0.0411. The number of rotatable bonds is 4. The highest BCUT2D eigenvalue weighted by Crippen LogP contribution is 2.17. The van der Waals surface area contributed by atoms with E-state index in [1.165, 1.54) is 19.3 Å². The first-order valence-corrected chi connectivity index (χ1v) is 6.73. The molecule has 96 valence electrons. The number of allylic oxidation sites excluding steroid dienone is 1. The Balaban J connectivity index is 2.62. The Bertz CT molecular complexity index is 317. The Kier molecular flexibility index (Phi) is 6.27. The molecule has 0 heterocycles. The van der Waals surface area contributed by atoms with Crippen LogP contribution in [0.25, 0.3) is 0 Å². The Morgan fingerprint density at radius 3 is 2.59 bits per heavy atom. The minimum absolute atomic E-state index is 0.0411. The van der Waals surface area contributed by atoms with Gasteiger partial charge >= 0.3 is 0 Å². The molecule has 1 fully saturated rings. The lowest BCUT2D eigenvalue weighted by Gasteiger charge is -2.23. The number of halogens is 1. The zero-order chi connectivity index (χ0) is 12.7. The number of carbonyl (C=O) groups is 1. The van der Waals surface area contributed by atoms with Gasteiger partial charge in [-0.1, -0.05) is 25.3 Å². The number of hydrogen-bond donors (Lipinski definition) is 1. The van der Waals surface area contributed by atoms with Gasteiger partial charge in [0.25, 0.3) is 5.91 Å². The van der Waals surface area contributed by atoms with Crippen LogP contribution in [-0.2, 0) is 4.79 Å². The number of nitrogens with one attached hydrogen (secondary N) is 1. The van der Waals surface area contributed by atoms with E-state index < -0.39 is 0 Å². The predicted octanol–water partition coefficient (Wildman–Crippen LogP) is 2.69. The summed E-state index contributed by atoms with van der Waals surface area (Å²) >= 11 is 5.67. The summed E-state index contributed by atoms with van der Waals surface area (Å²) in [5.41, 5.74) is 1.34. The summed E-state index contributed by atoms with van der Waals surface area (Å²) in [6.07, 6.45) is 7.60. The zero-order valence-corrected chi connectivity index (χ0v) is 11.4. The molecule has 1 saturated carbocycles. The predicted molar refractivity (Wildman–Crippen MR) is 72.9 cm³/mol. The lowest BCUT2D eigenvalue weighted by Crippen LogP contribution is -2.38. The van der Waals surface area contributed by atoms with Crippen molar-refractivity contribution in [1.82, 2.24) is 5.32 Å². The molecule has 0 aliphatic heterocycles. The minimum Gasteiger partial charge on any atom is -0.349 e. The summed E-state index contributed by atoms with van der Waals surface area (Å²) in [5.74, 6) is 0.293. The second kappa shape index (κ2) is 7.49. The molecule has 1 N–H and O–H groups in total. The molecule has 0 bridgehead atoms. The molecule has 0 atom stereocenters. The van der Waals surface area contributed by atoms with Gasteiger partial charge < -0.3 is 5.32 Å². The molecule has 0 aromatic carbocycles. The highest BCUT2D eigenvalue weighted by Gasteiger charge is 2.18. The Labute approximate surface area is 108 Å². The van der Waals surface area contributed by atoms with Crippen LogP contribution in [0.3, 0.4) is 0 Å². The van der Waals surface area contributed by atoms with Crippen LogP contribution in [0.5, 0.6) is 0 Å². The van der Waals surface area contributed by atoms with Crippen LogP contribution in [-0.4, -0.2) is 30.6 Å². The Morgan fingerprint density at radius 2 is 2.06 bits per heavy atom. The van der Waals surface area contributed by atoms with Crippen LogP contribution in [0.1, 0.15) is 39.0 Å². The molecule has 1 rings (SSSR count). The van der Waals surface area contributed by atoms with E-state index in [1.54, 1.807) is 13.1 Å². The van der Waals surface area contributed by atoms with Crippen molar-refractivity contribution >= 4 is 23.2 Å². The molecule has 0 radical (unpaired) electrons. The molecule has 3 nitrogen and oxygen atoms in total. The average Bonchev–Trinajstić information content (AvgIpc) is 2.36. The third kappa shape index (κ3) is 4.50. The first kappa shape index (κ1) is 14.2. The highest BCUT2D eigenvalue weighted by atomic mass is 35.5. The van der Waals surface area contributed by atoms with E-state index in [0.29, 0.717) is 17.5 Å². The van der Waals surface area contributed by atoms with Gasteiger partial charge in [-0.2, -0.15) is 0 Å². The Morgan fingerprint density at radius 1 is 1.41 bits per heavy atom. The molecule has 0 spiro atoms. The molecule has 1 aliphatic rings. The SMILES string of the molecule is CN=C(C)/C(=C\CCl)C(=O)NC1CCCCC1. The molecule has 1 amide bonds. The molecule has 1 aliphatic carbocycles. The lowest BCUT2D eigenvalue weighted by atomic mass is 9.95. The molecule has 0 aromatic heterocycles. The van der Waals surface area contributed by atoms with E-state index >= 15 is 0 Å². The van der Waals surface area contributed by atoms with Crippen LogP contribution in [0.15, 0.2) is 16.6 Å². The van der Waals surface area contributed by atoms with Gasteiger partial charge in [0.2, 0.25) is 0 Å². The van der Waals surface area contributed by atoms with Crippen molar-refractivity contribution in [2.75, 3.05) is 12.9 Å². The van der Waals surface area contributed by atoms with E-state index in [9.17, 15) is 4.79 Å². The van der Waals surface area contributed by atoms with Crippen LogP contribution >= 0.6 is 11.6 Å². The normalized spacial score (nSPS) is 19.2. The third-order valence-electron chi connectivity index (χ3n) is 3.19. The standard InChI is InChI=1S/C13H21ClN2O/c1-10(15-2)12(8-9-14)13(17)16-11-6-4-3-5-7-11/h8,11H,3-7,9H2,1-2H3,(H,16,17)/b12-8+,15-10?. The summed E-state index contributed by atoms with van der Waals surface area (Å²) in [5, 5.41) is 3.07. The maximum Gasteiger partial charge on any atom is 0.253 e. The fraction of sp³-hybridized carbons (Fsp3) is 0.692. The van der Waals surface area contributed by atoms with E-state index in [4.69, 9.17) is 11.6 Å². The van der Waals surface area contributed by atoms with Gasteiger partial charge in [-0.25, -0.2) is 0 Å². The Hall–Kier alpha value is -0.830. The quantitative estimate of drug-likeness (QED) is 0.469. The van der Waals surface area contributed by atoms with E-state index in [0.717, 1.165) is 18.6 Å². The number of nitrogens with zero attached hydrogens (tertiary/aromatic N) is 1. The number of alkyl halides is 1. The molecular weight excluding hydrogens is 236 g/mol. The van der Waals surface area contributed by atoms with Gasteiger partial charge in [-0.05, 0) is 19.8 Å². The second-order valence-corrected chi connectivity index (χ2v) is 4.70. The van der Waals surface area contributed by atoms with Crippen LogP contribution in [0, 0.1) is 0 Å². The fourth-order valence-corrected chi connectivity index (χ4v) is 2.27. The van der Waals surface area contributed by atoms with Gasteiger partial charge in [-0.15, -0.1) is 11.6 Å². The zero-order valence-electron chi connectivity index (χ0n) is 10.6. The van der Waals surface area contributed by atoms with Crippen molar-refractivity contribution in [3.63, 3.8) is 0 Å². The molecular formula is C13H21ClN2O. The van der Waals surface area contributed by atoms with Crippen molar-refractivity contribution in [1.29, 1.82) is 0 Å². The van der Waals surface area contributed by atoms with E-state index in [2.05, 4.69) is 10.3 Å². The van der Waals surface area contributed by atoms with Gasteiger partial charge in [0.1, 0.15) is 0 Å². The van der Waals surface area contributed by atoms with Crippen molar-refractivity contribution in [3.05, 3.63) is 11.6 Å². The second-order valence-electron chi connectivity index (χ2n) is 4.39. The van der Waals surface area contributed by atoms with E-state index in [-0.39, 0.29) is 5.91 Å². The maximum atomic E-state index is 12.1. The van der Waals surface area contributed by atoms with E-state index in [1.807, 2.05) is 6.92 Å². The highest BCUT2D eigenvalue weighted by molar-refractivity contribution is 6.23. The summed E-state index contributed by atoms with van der Waals surface area (Å²) in [6, 6.07) is 0.319. The molecule has 17 heavy (non-hydrogen) atoms. The molecule has 4 heteroatoms. The number of aliphatic imine (C=N–C) groups is 1. The van der Waals surface area contributed by atoms with Gasteiger partial charge in [0, 0.05) is 24.7 Å². The van der Waals surface area contributed by atoms with Gasteiger partial charge in [0.15, 0.2) is 0 Å². The maximum absolute atomic E-state index is 12.1. The number of amides is 1. The van der Waals surface area contributed by atoms with Crippen LogP contribution in [0.4, 0.5) is 0 Å². The first-order chi connectivity index (χ1) is 8.19. The van der Waals surface area contributed by atoms with Gasteiger partial charge in [0.05, 0.1) is 5.57 Å². The smallest absolute Gasteiger partial charge is 0.253 e. The summed E-state index contributed by atoms with van der Waals surface area (Å²) < 4.78 is 0.